The molecule has 0 fully saturated rings. The fourth-order valence-corrected chi connectivity index (χ4v) is 2.93. The zero-order valence-electron chi connectivity index (χ0n) is 9.90. The summed E-state index contributed by atoms with van der Waals surface area (Å²) in [4.78, 5) is 12.3. The molecule has 2 aromatic rings. The summed E-state index contributed by atoms with van der Waals surface area (Å²) in [6.45, 7) is 0. The summed E-state index contributed by atoms with van der Waals surface area (Å²) >= 11 is 6.11. The SMILES string of the molecule is O=C1c2c(Cl)cccc2CC1Cc1ccccc1. The van der Waals surface area contributed by atoms with Crippen LogP contribution < -0.4 is 0 Å². The number of carbonyl (C=O) groups is 1. The monoisotopic (exact) mass is 256 g/mol. The minimum absolute atomic E-state index is 0.0438. The maximum absolute atomic E-state index is 12.3. The van der Waals surface area contributed by atoms with Gasteiger partial charge in [0.1, 0.15) is 0 Å². The first-order valence-corrected chi connectivity index (χ1v) is 6.49. The predicted octanol–water partition coefficient (Wildman–Crippen LogP) is 3.94. The van der Waals surface area contributed by atoms with Gasteiger partial charge in [0, 0.05) is 11.5 Å². The smallest absolute Gasteiger partial charge is 0.168 e. The second-order valence-electron chi connectivity index (χ2n) is 4.73. The summed E-state index contributed by atoms with van der Waals surface area (Å²) in [5.41, 5.74) is 3.04. The number of fused-ring (bicyclic) bond motifs is 1. The quantitative estimate of drug-likeness (QED) is 0.796. The van der Waals surface area contributed by atoms with Crippen LogP contribution in [0.2, 0.25) is 5.02 Å². The van der Waals surface area contributed by atoms with Gasteiger partial charge in [0.25, 0.3) is 0 Å². The van der Waals surface area contributed by atoms with Gasteiger partial charge in [-0.1, -0.05) is 54.1 Å². The highest BCUT2D eigenvalue weighted by Crippen LogP contribution is 2.33. The van der Waals surface area contributed by atoms with Crippen molar-refractivity contribution in [1.29, 1.82) is 0 Å². The van der Waals surface area contributed by atoms with Crippen molar-refractivity contribution in [2.75, 3.05) is 0 Å². The lowest BCUT2D eigenvalue weighted by molar-refractivity contribution is 0.0936. The molecule has 0 aromatic heterocycles. The molecule has 90 valence electrons. The van der Waals surface area contributed by atoms with Crippen LogP contribution in [-0.2, 0) is 12.8 Å². The number of benzene rings is 2. The van der Waals surface area contributed by atoms with E-state index in [1.165, 1.54) is 5.56 Å². The molecule has 0 bridgehead atoms. The average Bonchev–Trinajstić information content (AvgIpc) is 2.69. The van der Waals surface area contributed by atoms with Crippen molar-refractivity contribution in [3.05, 3.63) is 70.2 Å². The predicted molar refractivity (Wildman–Crippen MR) is 73.1 cm³/mol. The van der Waals surface area contributed by atoms with Gasteiger partial charge in [-0.2, -0.15) is 0 Å². The number of ketones is 1. The average molecular weight is 257 g/mol. The van der Waals surface area contributed by atoms with Crippen LogP contribution in [-0.4, -0.2) is 5.78 Å². The molecule has 2 aromatic carbocycles. The number of halogens is 1. The van der Waals surface area contributed by atoms with Crippen LogP contribution in [0.3, 0.4) is 0 Å². The fraction of sp³-hybridized carbons (Fsp3) is 0.188. The molecule has 0 saturated heterocycles. The molecule has 1 aliphatic rings. The van der Waals surface area contributed by atoms with Gasteiger partial charge in [-0.15, -0.1) is 0 Å². The van der Waals surface area contributed by atoms with Crippen LogP contribution in [0.25, 0.3) is 0 Å². The highest BCUT2D eigenvalue weighted by atomic mass is 35.5. The molecule has 18 heavy (non-hydrogen) atoms. The van der Waals surface area contributed by atoms with E-state index < -0.39 is 0 Å². The molecule has 3 rings (SSSR count). The molecule has 1 atom stereocenters. The molecular weight excluding hydrogens is 244 g/mol. The van der Waals surface area contributed by atoms with Gasteiger partial charge in [-0.25, -0.2) is 0 Å². The minimum Gasteiger partial charge on any atom is -0.294 e. The Morgan fingerprint density at radius 2 is 1.83 bits per heavy atom. The lowest BCUT2D eigenvalue weighted by atomic mass is 9.96. The Bertz CT molecular complexity index is 589. The van der Waals surface area contributed by atoms with E-state index in [1.807, 2.05) is 30.3 Å². The number of hydrogen-bond acceptors (Lipinski definition) is 1. The standard InChI is InChI=1S/C16H13ClO/c17-14-8-4-7-12-10-13(16(18)15(12)14)9-11-5-2-1-3-6-11/h1-8,13H,9-10H2. The molecule has 0 heterocycles. The van der Waals surface area contributed by atoms with E-state index >= 15 is 0 Å². The Balaban J connectivity index is 1.87. The summed E-state index contributed by atoms with van der Waals surface area (Å²) in [6, 6.07) is 15.9. The van der Waals surface area contributed by atoms with Crippen LogP contribution >= 0.6 is 11.6 Å². The summed E-state index contributed by atoms with van der Waals surface area (Å²) < 4.78 is 0. The maximum atomic E-state index is 12.3. The third-order valence-electron chi connectivity index (χ3n) is 3.51. The molecular formula is C16H13ClO. The van der Waals surface area contributed by atoms with Crippen molar-refractivity contribution in [2.24, 2.45) is 5.92 Å². The minimum atomic E-state index is 0.0438. The van der Waals surface area contributed by atoms with Crippen LogP contribution in [0.15, 0.2) is 48.5 Å². The first-order valence-electron chi connectivity index (χ1n) is 6.11. The van der Waals surface area contributed by atoms with Crippen LogP contribution in [0.5, 0.6) is 0 Å². The third-order valence-corrected chi connectivity index (χ3v) is 3.82. The van der Waals surface area contributed by atoms with Gasteiger partial charge in [0.2, 0.25) is 0 Å². The maximum Gasteiger partial charge on any atom is 0.168 e. The van der Waals surface area contributed by atoms with Crippen molar-refractivity contribution in [3.63, 3.8) is 0 Å². The second kappa shape index (κ2) is 4.58. The van der Waals surface area contributed by atoms with Gasteiger partial charge in [-0.05, 0) is 30.0 Å². The summed E-state index contributed by atoms with van der Waals surface area (Å²) in [7, 11) is 0. The van der Waals surface area contributed by atoms with Crippen molar-refractivity contribution >= 4 is 17.4 Å². The number of rotatable bonds is 2. The number of carbonyl (C=O) groups excluding carboxylic acids is 1. The van der Waals surface area contributed by atoms with Crippen LogP contribution in [0, 0.1) is 5.92 Å². The highest BCUT2D eigenvalue weighted by Gasteiger charge is 2.31. The van der Waals surface area contributed by atoms with Gasteiger partial charge >= 0.3 is 0 Å². The molecule has 1 aliphatic carbocycles. The summed E-state index contributed by atoms with van der Waals surface area (Å²) in [5, 5.41) is 0.591. The summed E-state index contributed by atoms with van der Waals surface area (Å²) in [6.07, 6.45) is 1.61. The highest BCUT2D eigenvalue weighted by molar-refractivity contribution is 6.34. The van der Waals surface area contributed by atoms with Gasteiger partial charge in [0.15, 0.2) is 5.78 Å². The molecule has 0 spiro atoms. The van der Waals surface area contributed by atoms with E-state index in [9.17, 15) is 4.79 Å². The molecule has 2 heteroatoms. The normalized spacial score (nSPS) is 17.8. The zero-order chi connectivity index (χ0) is 12.5. The molecule has 0 radical (unpaired) electrons. The van der Waals surface area contributed by atoms with Crippen LogP contribution in [0.1, 0.15) is 21.5 Å². The fourth-order valence-electron chi connectivity index (χ4n) is 2.64. The largest absolute Gasteiger partial charge is 0.294 e. The Kier molecular flexibility index (Phi) is 2.92. The van der Waals surface area contributed by atoms with Gasteiger partial charge in [-0.3, -0.25) is 4.79 Å². The Morgan fingerprint density at radius 3 is 2.56 bits per heavy atom. The van der Waals surface area contributed by atoms with Crippen LogP contribution in [0.4, 0.5) is 0 Å². The molecule has 0 amide bonds. The molecule has 1 nitrogen and oxygen atoms in total. The van der Waals surface area contributed by atoms with Crippen molar-refractivity contribution in [1.82, 2.24) is 0 Å². The van der Waals surface area contributed by atoms with E-state index in [0.29, 0.717) is 5.02 Å². The first-order chi connectivity index (χ1) is 8.75. The molecule has 0 aliphatic heterocycles. The van der Waals surface area contributed by atoms with Gasteiger partial charge < -0.3 is 0 Å². The second-order valence-corrected chi connectivity index (χ2v) is 5.14. The lowest BCUT2D eigenvalue weighted by Crippen LogP contribution is -2.12. The molecule has 0 saturated carbocycles. The van der Waals surface area contributed by atoms with E-state index in [2.05, 4.69) is 12.1 Å². The van der Waals surface area contributed by atoms with E-state index in [-0.39, 0.29) is 11.7 Å². The zero-order valence-corrected chi connectivity index (χ0v) is 10.7. The lowest BCUT2D eigenvalue weighted by Gasteiger charge is -2.07. The van der Waals surface area contributed by atoms with Crippen molar-refractivity contribution in [2.45, 2.75) is 12.8 Å². The first kappa shape index (κ1) is 11.5. The van der Waals surface area contributed by atoms with Crippen molar-refractivity contribution in [3.8, 4) is 0 Å². The Hall–Kier alpha value is -1.60. The van der Waals surface area contributed by atoms with E-state index in [1.54, 1.807) is 6.07 Å². The number of hydrogen-bond donors (Lipinski definition) is 0. The summed E-state index contributed by atoms with van der Waals surface area (Å²) in [5.74, 6) is 0.238. The van der Waals surface area contributed by atoms with E-state index in [4.69, 9.17) is 11.6 Å². The Labute approximate surface area is 111 Å². The Morgan fingerprint density at radius 1 is 1.06 bits per heavy atom. The topological polar surface area (TPSA) is 17.1 Å². The van der Waals surface area contributed by atoms with Gasteiger partial charge in [0.05, 0.1) is 5.02 Å². The molecule has 0 N–H and O–H groups in total. The third kappa shape index (κ3) is 1.95. The van der Waals surface area contributed by atoms with Crippen molar-refractivity contribution < 1.29 is 4.79 Å². The number of Topliss-reactive ketones (excluding diaryl/α,β-unsaturated/α-hetero) is 1. The van der Waals surface area contributed by atoms with E-state index in [0.717, 1.165) is 24.0 Å². The molecule has 1 unspecified atom stereocenters.